The van der Waals surface area contributed by atoms with Gasteiger partial charge in [0.2, 0.25) is 5.82 Å². The van der Waals surface area contributed by atoms with Gasteiger partial charge in [0.05, 0.1) is 6.04 Å². The van der Waals surface area contributed by atoms with Gasteiger partial charge in [0.25, 0.3) is 5.91 Å². The lowest BCUT2D eigenvalue weighted by atomic mass is 10.1. The summed E-state index contributed by atoms with van der Waals surface area (Å²) < 4.78 is 1.83. The third-order valence-electron chi connectivity index (χ3n) is 3.85. The van der Waals surface area contributed by atoms with Crippen LogP contribution in [0.5, 0.6) is 0 Å². The highest BCUT2D eigenvalue weighted by atomic mass is 32.2. The van der Waals surface area contributed by atoms with E-state index in [0.717, 1.165) is 38.1 Å². The second kappa shape index (κ2) is 6.58. The van der Waals surface area contributed by atoms with Gasteiger partial charge in [0, 0.05) is 18.3 Å². The third-order valence-corrected chi connectivity index (χ3v) is 5.07. The molecule has 6 nitrogen and oxygen atoms in total. The Morgan fingerprint density at radius 3 is 3.15 bits per heavy atom. The molecule has 3 heterocycles. The van der Waals surface area contributed by atoms with Crippen molar-refractivity contribution >= 4 is 17.7 Å². The molecule has 0 bridgehead atoms. The minimum absolute atomic E-state index is 0.139. The Kier molecular flexibility index (Phi) is 4.57. The topological polar surface area (TPSA) is 71.8 Å². The molecule has 1 amide bonds. The van der Waals surface area contributed by atoms with Crippen molar-refractivity contribution in [3.8, 4) is 0 Å². The SMILES string of the molecule is O=C(N[C@@H]1CCCSC1)c1ncn([C@H]2CCCNC2)n1. The molecule has 1 aromatic heterocycles. The number of aromatic nitrogens is 3. The zero-order valence-electron chi connectivity index (χ0n) is 11.5. The van der Waals surface area contributed by atoms with Gasteiger partial charge in [-0.2, -0.15) is 11.8 Å². The number of carbonyl (C=O) groups excluding carboxylic acids is 1. The van der Waals surface area contributed by atoms with Crippen LogP contribution >= 0.6 is 11.8 Å². The van der Waals surface area contributed by atoms with Gasteiger partial charge in [-0.1, -0.05) is 0 Å². The van der Waals surface area contributed by atoms with Crippen molar-refractivity contribution in [1.29, 1.82) is 0 Å². The maximum Gasteiger partial charge on any atom is 0.291 e. The number of rotatable bonds is 3. The molecule has 2 aliphatic rings. The molecule has 2 aliphatic heterocycles. The second-order valence-electron chi connectivity index (χ2n) is 5.44. The van der Waals surface area contributed by atoms with Crippen molar-refractivity contribution in [2.24, 2.45) is 0 Å². The molecule has 2 atom stereocenters. The van der Waals surface area contributed by atoms with Gasteiger partial charge < -0.3 is 10.6 Å². The van der Waals surface area contributed by atoms with Gasteiger partial charge in [-0.25, -0.2) is 9.67 Å². The summed E-state index contributed by atoms with van der Waals surface area (Å²) in [6, 6.07) is 0.590. The van der Waals surface area contributed by atoms with Crippen LogP contribution in [0.4, 0.5) is 0 Å². The lowest BCUT2D eigenvalue weighted by Gasteiger charge is -2.22. The summed E-state index contributed by atoms with van der Waals surface area (Å²) in [5.74, 6) is 2.36. The number of nitrogens with zero attached hydrogens (tertiary/aromatic N) is 3. The minimum atomic E-state index is -0.139. The number of hydrogen-bond acceptors (Lipinski definition) is 5. The van der Waals surface area contributed by atoms with Gasteiger partial charge in [-0.05, 0) is 38.0 Å². The summed E-state index contributed by atoms with van der Waals surface area (Å²) >= 11 is 1.90. The average Bonchev–Trinajstić information content (AvgIpc) is 2.99. The van der Waals surface area contributed by atoms with E-state index >= 15 is 0 Å². The summed E-state index contributed by atoms with van der Waals surface area (Å²) in [5, 5.41) is 10.7. The predicted octanol–water partition coefficient (Wildman–Crippen LogP) is 0.828. The fourth-order valence-electron chi connectivity index (χ4n) is 2.72. The number of piperidine rings is 1. The van der Waals surface area contributed by atoms with Gasteiger partial charge in [-0.3, -0.25) is 4.79 Å². The van der Waals surface area contributed by atoms with E-state index in [2.05, 4.69) is 20.7 Å². The van der Waals surface area contributed by atoms with Gasteiger partial charge in [-0.15, -0.1) is 5.10 Å². The standard InChI is InChI=1S/C13H21N5OS/c19-13(16-10-3-2-6-20-8-10)12-15-9-18(17-12)11-4-1-5-14-7-11/h9-11,14H,1-8H2,(H,16,19)/t10-,11+/m1/s1. The van der Waals surface area contributed by atoms with Crippen LogP contribution in [0.25, 0.3) is 0 Å². The Hall–Kier alpha value is -1.08. The molecule has 1 aromatic rings. The number of carbonyl (C=O) groups is 1. The fraction of sp³-hybridized carbons (Fsp3) is 0.769. The highest BCUT2D eigenvalue weighted by Gasteiger charge is 2.21. The normalized spacial score (nSPS) is 27.2. The first-order chi connectivity index (χ1) is 9.83. The summed E-state index contributed by atoms with van der Waals surface area (Å²) in [6.07, 6.45) is 6.15. The van der Waals surface area contributed by atoms with E-state index < -0.39 is 0 Å². The Bertz CT molecular complexity index is 451. The molecule has 0 radical (unpaired) electrons. The number of nitrogens with one attached hydrogen (secondary N) is 2. The molecular formula is C13H21N5OS. The zero-order valence-corrected chi connectivity index (χ0v) is 12.4. The van der Waals surface area contributed by atoms with Gasteiger partial charge >= 0.3 is 0 Å². The molecule has 0 spiro atoms. The molecule has 0 saturated carbocycles. The van der Waals surface area contributed by atoms with E-state index in [1.54, 1.807) is 6.33 Å². The quantitative estimate of drug-likeness (QED) is 0.864. The van der Waals surface area contributed by atoms with Crippen LogP contribution in [0.1, 0.15) is 42.3 Å². The Balaban J connectivity index is 1.58. The monoisotopic (exact) mass is 295 g/mol. The van der Waals surface area contributed by atoms with Crippen molar-refractivity contribution in [1.82, 2.24) is 25.4 Å². The number of hydrogen-bond donors (Lipinski definition) is 2. The van der Waals surface area contributed by atoms with Crippen LogP contribution in [-0.2, 0) is 0 Å². The van der Waals surface area contributed by atoms with Crippen molar-refractivity contribution in [3.63, 3.8) is 0 Å². The molecule has 0 unspecified atom stereocenters. The van der Waals surface area contributed by atoms with E-state index in [1.165, 1.54) is 12.2 Å². The van der Waals surface area contributed by atoms with Crippen molar-refractivity contribution in [2.75, 3.05) is 24.6 Å². The molecule has 2 N–H and O–H groups in total. The summed E-state index contributed by atoms with van der Waals surface area (Å²) in [6.45, 7) is 1.97. The summed E-state index contributed by atoms with van der Waals surface area (Å²) in [5.41, 5.74) is 0. The van der Waals surface area contributed by atoms with Crippen molar-refractivity contribution in [3.05, 3.63) is 12.2 Å². The van der Waals surface area contributed by atoms with Crippen molar-refractivity contribution in [2.45, 2.75) is 37.8 Å². The summed E-state index contributed by atoms with van der Waals surface area (Å²) in [4.78, 5) is 16.3. The molecule has 2 saturated heterocycles. The van der Waals surface area contributed by atoms with Crippen LogP contribution in [-0.4, -0.2) is 51.3 Å². The highest BCUT2D eigenvalue weighted by Crippen LogP contribution is 2.17. The lowest BCUT2D eigenvalue weighted by Crippen LogP contribution is -2.39. The maximum absolute atomic E-state index is 12.1. The largest absolute Gasteiger partial charge is 0.346 e. The Morgan fingerprint density at radius 1 is 1.45 bits per heavy atom. The van der Waals surface area contributed by atoms with E-state index in [1.807, 2.05) is 16.4 Å². The van der Waals surface area contributed by atoms with Gasteiger partial charge in [0.15, 0.2) is 0 Å². The lowest BCUT2D eigenvalue weighted by molar-refractivity contribution is 0.0927. The molecule has 110 valence electrons. The first kappa shape index (κ1) is 13.9. The highest BCUT2D eigenvalue weighted by molar-refractivity contribution is 7.99. The molecule has 0 aromatic carbocycles. The first-order valence-electron chi connectivity index (χ1n) is 7.33. The first-order valence-corrected chi connectivity index (χ1v) is 8.49. The molecule has 7 heteroatoms. The molecule has 2 fully saturated rings. The van der Waals surface area contributed by atoms with Crippen LogP contribution in [0.2, 0.25) is 0 Å². The van der Waals surface area contributed by atoms with Crippen LogP contribution in [0.15, 0.2) is 6.33 Å². The van der Waals surface area contributed by atoms with Crippen molar-refractivity contribution < 1.29 is 4.79 Å². The molecule has 3 rings (SSSR count). The van der Waals surface area contributed by atoms with Crippen LogP contribution in [0, 0.1) is 0 Å². The van der Waals surface area contributed by atoms with E-state index in [9.17, 15) is 4.79 Å². The second-order valence-corrected chi connectivity index (χ2v) is 6.59. The fourth-order valence-corrected chi connectivity index (χ4v) is 3.79. The van der Waals surface area contributed by atoms with Gasteiger partial charge in [0.1, 0.15) is 6.33 Å². The Morgan fingerprint density at radius 2 is 2.40 bits per heavy atom. The minimum Gasteiger partial charge on any atom is -0.346 e. The predicted molar refractivity (Wildman–Crippen MR) is 79.0 cm³/mol. The molecular weight excluding hydrogens is 274 g/mol. The van der Waals surface area contributed by atoms with Crippen LogP contribution in [0.3, 0.4) is 0 Å². The smallest absolute Gasteiger partial charge is 0.291 e. The maximum atomic E-state index is 12.1. The number of thioether (sulfide) groups is 1. The van der Waals surface area contributed by atoms with E-state index in [0.29, 0.717) is 11.9 Å². The molecule has 20 heavy (non-hydrogen) atoms. The Labute approximate surface area is 123 Å². The third kappa shape index (κ3) is 3.32. The van der Waals surface area contributed by atoms with E-state index in [4.69, 9.17) is 0 Å². The number of amides is 1. The molecule has 0 aliphatic carbocycles. The zero-order chi connectivity index (χ0) is 13.8. The average molecular weight is 295 g/mol. The summed E-state index contributed by atoms with van der Waals surface area (Å²) in [7, 11) is 0. The van der Waals surface area contributed by atoms with Crippen LogP contribution < -0.4 is 10.6 Å². The van der Waals surface area contributed by atoms with E-state index in [-0.39, 0.29) is 11.9 Å².